The molecule has 6 heteroatoms. The van der Waals surface area contributed by atoms with Crippen molar-refractivity contribution in [2.75, 3.05) is 13.7 Å². The Morgan fingerprint density at radius 2 is 2.09 bits per heavy atom. The summed E-state index contributed by atoms with van der Waals surface area (Å²) in [7, 11) is 1.60. The number of nitrogens with two attached hydrogens (primary N) is 1. The Hall–Kier alpha value is -2.08. The predicted octanol–water partition coefficient (Wildman–Crippen LogP) is 1.51. The largest absolute Gasteiger partial charge is 0.496 e. The maximum atomic E-state index is 12.9. The highest BCUT2D eigenvalue weighted by Crippen LogP contribution is 2.35. The fourth-order valence-corrected chi connectivity index (χ4v) is 2.88. The quantitative estimate of drug-likeness (QED) is 0.808. The van der Waals surface area contributed by atoms with E-state index < -0.39 is 11.6 Å². The van der Waals surface area contributed by atoms with Crippen LogP contribution in [0.25, 0.3) is 0 Å². The van der Waals surface area contributed by atoms with Gasteiger partial charge in [-0.3, -0.25) is 9.69 Å². The van der Waals surface area contributed by atoms with E-state index in [1.54, 1.807) is 14.0 Å². The van der Waals surface area contributed by atoms with Gasteiger partial charge in [0.25, 0.3) is 5.91 Å². The van der Waals surface area contributed by atoms with E-state index >= 15 is 0 Å². The molecule has 2 atom stereocenters. The highest BCUT2D eigenvalue weighted by molar-refractivity contribution is 6.07. The number of nitrogens with zero attached hydrogens (tertiary/aromatic N) is 1. The molecule has 2 rings (SSSR count). The molecule has 120 valence electrons. The smallest absolute Gasteiger partial charge is 0.325 e. The molecule has 1 fully saturated rings. The lowest BCUT2D eigenvalue weighted by Crippen LogP contribution is -2.46. The monoisotopic (exact) mass is 305 g/mol. The topological polar surface area (TPSA) is 84.7 Å². The minimum absolute atomic E-state index is 0.237. The minimum Gasteiger partial charge on any atom is -0.496 e. The van der Waals surface area contributed by atoms with Crippen LogP contribution in [0.1, 0.15) is 31.4 Å². The average Bonchev–Trinajstić information content (AvgIpc) is 2.78. The van der Waals surface area contributed by atoms with Gasteiger partial charge in [0, 0.05) is 6.54 Å². The molecule has 0 radical (unpaired) electrons. The summed E-state index contributed by atoms with van der Waals surface area (Å²) >= 11 is 0. The van der Waals surface area contributed by atoms with Crippen LogP contribution in [0.5, 0.6) is 5.75 Å². The normalized spacial score (nSPS) is 22.7. The maximum Gasteiger partial charge on any atom is 0.325 e. The Bertz CT molecular complexity index is 602. The lowest BCUT2D eigenvalue weighted by Gasteiger charge is -2.27. The number of hydrogen-bond acceptors (Lipinski definition) is 4. The van der Waals surface area contributed by atoms with Crippen molar-refractivity contribution < 1.29 is 14.3 Å². The summed E-state index contributed by atoms with van der Waals surface area (Å²) in [6.45, 7) is 5.80. The standard InChI is InChI=1S/C16H23N3O3/c1-5-16(12-6-7-13(22-4)10(2)8-12)14(20)19(11(3)9-17)15(21)18-16/h6-8,11H,5,9,17H2,1-4H3,(H,18,21). The van der Waals surface area contributed by atoms with Crippen molar-refractivity contribution >= 4 is 11.9 Å². The molecule has 6 nitrogen and oxygen atoms in total. The molecule has 1 aromatic carbocycles. The number of carbonyl (C=O) groups excluding carboxylic acids is 2. The van der Waals surface area contributed by atoms with E-state index in [1.807, 2.05) is 32.0 Å². The van der Waals surface area contributed by atoms with Crippen molar-refractivity contribution in [2.45, 2.75) is 38.8 Å². The third-order valence-corrected chi connectivity index (χ3v) is 4.32. The highest BCUT2D eigenvalue weighted by Gasteiger charge is 2.52. The Labute approximate surface area is 130 Å². The molecule has 0 bridgehead atoms. The summed E-state index contributed by atoms with van der Waals surface area (Å²) < 4.78 is 5.25. The first kappa shape index (κ1) is 16.3. The van der Waals surface area contributed by atoms with Crippen molar-refractivity contribution in [2.24, 2.45) is 5.73 Å². The molecule has 3 amide bonds. The zero-order valence-corrected chi connectivity index (χ0v) is 13.5. The summed E-state index contributed by atoms with van der Waals surface area (Å²) in [6, 6.07) is 4.80. The van der Waals surface area contributed by atoms with Crippen LogP contribution < -0.4 is 15.8 Å². The number of aryl methyl sites for hydroxylation is 1. The van der Waals surface area contributed by atoms with Crippen LogP contribution in [0, 0.1) is 6.92 Å². The first-order valence-electron chi connectivity index (χ1n) is 7.42. The number of ether oxygens (including phenoxy) is 1. The number of amides is 3. The third-order valence-electron chi connectivity index (χ3n) is 4.32. The summed E-state index contributed by atoms with van der Waals surface area (Å²) in [6.07, 6.45) is 0.469. The van der Waals surface area contributed by atoms with Gasteiger partial charge in [-0.05, 0) is 43.5 Å². The lowest BCUT2D eigenvalue weighted by atomic mass is 9.86. The molecular weight excluding hydrogens is 282 g/mol. The molecule has 22 heavy (non-hydrogen) atoms. The second-order valence-corrected chi connectivity index (χ2v) is 5.63. The second kappa shape index (κ2) is 5.96. The van der Waals surface area contributed by atoms with Crippen LogP contribution in [0.15, 0.2) is 18.2 Å². The summed E-state index contributed by atoms with van der Waals surface area (Å²) in [5, 5.41) is 2.85. The molecule has 1 aliphatic rings. The van der Waals surface area contributed by atoms with Gasteiger partial charge >= 0.3 is 6.03 Å². The molecule has 0 aromatic heterocycles. The molecule has 0 saturated carbocycles. The lowest BCUT2D eigenvalue weighted by molar-refractivity contribution is -0.133. The van der Waals surface area contributed by atoms with Crippen LogP contribution in [0.3, 0.4) is 0 Å². The van der Waals surface area contributed by atoms with E-state index in [2.05, 4.69) is 5.32 Å². The van der Waals surface area contributed by atoms with E-state index in [4.69, 9.17) is 10.5 Å². The van der Waals surface area contributed by atoms with E-state index in [9.17, 15) is 9.59 Å². The Balaban J connectivity index is 2.48. The van der Waals surface area contributed by atoms with Crippen LogP contribution >= 0.6 is 0 Å². The number of methoxy groups -OCH3 is 1. The van der Waals surface area contributed by atoms with Crippen molar-refractivity contribution in [1.29, 1.82) is 0 Å². The predicted molar refractivity (Wildman–Crippen MR) is 83.6 cm³/mol. The van der Waals surface area contributed by atoms with Crippen LogP contribution in [-0.2, 0) is 10.3 Å². The number of imide groups is 1. The zero-order chi connectivity index (χ0) is 16.5. The molecule has 1 heterocycles. The number of carbonyl (C=O) groups is 2. The molecular formula is C16H23N3O3. The van der Waals surface area contributed by atoms with E-state index in [1.165, 1.54) is 4.90 Å². The van der Waals surface area contributed by atoms with Gasteiger partial charge in [-0.15, -0.1) is 0 Å². The van der Waals surface area contributed by atoms with Gasteiger partial charge in [-0.25, -0.2) is 4.79 Å². The molecule has 1 saturated heterocycles. The van der Waals surface area contributed by atoms with Crippen molar-refractivity contribution in [3.05, 3.63) is 29.3 Å². The molecule has 1 aliphatic heterocycles. The average molecular weight is 305 g/mol. The van der Waals surface area contributed by atoms with Gasteiger partial charge in [-0.2, -0.15) is 0 Å². The third kappa shape index (κ3) is 2.33. The van der Waals surface area contributed by atoms with Gasteiger partial charge < -0.3 is 15.8 Å². The van der Waals surface area contributed by atoms with E-state index in [-0.39, 0.29) is 18.5 Å². The van der Waals surface area contributed by atoms with Crippen molar-refractivity contribution in [3.63, 3.8) is 0 Å². The number of rotatable bonds is 5. The summed E-state index contributed by atoms with van der Waals surface area (Å²) in [4.78, 5) is 26.4. The first-order chi connectivity index (χ1) is 10.4. The molecule has 1 aromatic rings. The second-order valence-electron chi connectivity index (χ2n) is 5.63. The minimum atomic E-state index is -1.03. The SMILES string of the molecule is CCC1(c2ccc(OC)c(C)c2)NC(=O)N(C(C)CN)C1=O. The van der Waals surface area contributed by atoms with Crippen molar-refractivity contribution in [1.82, 2.24) is 10.2 Å². The number of urea groups is 1. The van der Waals surface area contributed by atoms with Gasteiger partial charge in [-0.1, -0.05) is 13.0 Å². The van der Waals surface area contributed by atoms with Crippen LogP contribution in [-0.4, -0.2) is 36.5 Å². The first-order valence-corrected chi connectivity index (χ1v) is 7.42. The molecule has 3 N–H and O–H groups in total. The van der Waals surface area contributed by atoms with Gasteiger partial charge in [0.2, 0.25) is 0 Å². The van der Waals surface area contributed by atoms with Gasteiger partial charge in [0.05, 0.1) is 13.2 Å². The number of benzene rings is 1. The number of nitrogens with one attached hydrogen (secondary N) is 1. The fraction of sp³-hybridized carbons (Fsp3) is 0.500. The summed E-state index contributed by atoms with van der Waals surface area (Å²) in [5.41, 5.74) is 6.27. The Morgan fingerprint density at radius 3 is 2.59 bits per heavy atom. The van der Waals surface area contributed by atoms with Crippen LogP contribution in [0.2, 0.25) is 0 Å². The zero-order valence-electron chi connectivity index (χ0n) is 13.5. The Kier molecular flexibility index (Phi) is 4.42. The molecule has 0 aliphatic carbocycles. The van der Waals surface area contributed by atoms with E-state index in [0.717, 1.165) is 16.9 Å². The Morgan fingerprint density at radius 1 is 1.41 bits per heavy atom. The van der Waals surface area contributed by atoms with Gasteiger partial charge in [0.1, 0.15) is 11.3 Å². The van der Waals surface area contributed by atoms with E-state index in [0.29, 0.717) is 6.42 Å². The van der Waals surface area contributed by atoms with Crippen LogP contribution in [0.4, 0.5) is 4.79 Å². The molecule has 2 unspecified atom stereocenters. The van der Waals surface area contributed by atoms with Crippen molar-refractivity contribution in [3.8, 4) is 5.75 Å². The highest BCUT2D eigenvalue weighted by atomic mass is 16.5. The summed E-state index contributed by atoms with van der Waals surface area (Å²) in [5.74, 6) is 0.501. The fourth-order valence-electron chi connectivity index (χ4n) is 2.88. The molecule has 0 spiro atoms. The number of hydrogen-bond donors (Lipinski definition) is 2. The maximum absolute atomic E-state index is 12.9. The van der Waals surface area contributed by atoms with Gasteiger partial charge in [0.15, 0.2) is 0 Å².